The summed E-state index contributed by atoms with van der Waals surface area (Å²) >= 11 is 5.62. The summed E-state index contributed by atoms with van der Waals surface area (Å²) in [7, 11) is 0. The van der Waals surface area contributed by atoms with Crippen LogP contribution in [0.25, 0.3) is 0 Å². The first-order valence-electron chi connectivity index (χ1n) is 6.60. The molecule has 1 heterocycles. The third-order valence-corrected chi connectivity index (χ3v) is 3.43. The van der Waals surface area contributed by atoms with Crippen LogP contribution in [0.3, 0.4) is 0 Å². The number of carbonyl (C=O) groups is 2. The van der Waals surface area contributed by atoms with Crippen LogP contribution >= 0.6 is 11.6 Å². The zero-order valence-electron chi connectivity index (χ0n) is 11.8. The largest absolute Gasteiger partial charge is 0.484 e. The topological polar surface area (TPSA) is 76.1 Å². The van der Waals surface area contributed by atoms with Crippen molar-refractivity contribution in [3.63, 3.8) is 0 Å². The minimum absolute atomic E-state index is 0.0357. The number of carbonyl (C=O) groups excluding carboxylic acids is 1. The van der Waals surface area contributed by atoms with E-state index in [1.807, 2.05) is 0 Å². The van der Waals surface area contributed by atoms with Gasteiger partial charge in [-0.25, -0.2) is 9.18 Å². The molecule has 8 heteroatoms. The molecule has 0 saturated carbocycles. The Labute approximate surface area is 131 Å². The molecule has 1 aromatic rings. The van der Waals surface area contributed by atoms with Crippen molar-refractivity contribution in [2.75, 3.05) is 19.7 Å². The van der Waals surface area contributed by atoms with Crippen molar-refractivity contribution in [1.29, 1.82) is 0 Å². The van der Waals surface area contributed by atoms with Gasteiger partial charge < -0.3 is 19.5 Å². The summed E-state index contributed by atoms with van der Waals surface area (Å²) in [6, 6.07) is 3.77. The van der Waals surface area contributed by atoms with E-state index < -0.39 is 17.9 Å². The summed E-state index contributed by atoms with van der Waals surface area (Å²) in [5.74, 6) is -1.81. The zero-order chi connectivity index (χ0) is 16.3. The van der Waals surface area contributed by atoms with Crippen molar-refractivity contribution in [2.24, 2.45) is 0 Å². The van der Waals surface area contributed by atoms with Crippen molar-refractivity contribution >= 4 is 23.5 Å². The predicted octanol–water partition coefficient (Wildman–Crippen LogP) is 1.56. The molecule has 1 unspecified atom stereocenters. The lowest BCUT2D eigenvalue weighted by Gasteiger charge is -2.34. The third-order valence-electron chi connectivity index (χ3n) is 3.14. The lowest BCUT2D eigenvalue weighted by atomic mass is 10.2. The molecule has 0 aromatic heterocycles. The molecule has 1 amide bonds. The van der Waals surface area contributed by atoms with Gasteiger partial charge in [-0.15, -0.1) is 0 Å². The maximum atomic E-state index is 13.0. The smallest absolute Gasteiger partial charge is 0.334 e. The summed E-state index contributed by atoms with van der Waals surface area (Å²) < 4.78 is 23.5. The SMILES string of the molecule is C[C@@H]1CN(C(=O)COc2ccc(F)c(Cl)c2)CC(C(=O)O)O1. The van der Waals surface area contributed by atoms with Gasteiger partial charge >= 0.3 is 5.97 Å². The summed E-state index contributed by atoms with van der Waals surface area (Å²) in [6.07, 6.45) is -1.42. The molecular formula is C14H15ClFNO5. The van der Waals surface area contributed by atoms with E-state index in [0.717, 1.165) is 6.07 Å². The first kappa shape index (κ1) is 16.5. The molecule has 0 spiro atoms. The van der Waals surface area contributed by atoms with Crippen LogP contribution in [-0.2, 0) is 14.3 Å². The van der Waals surface area contributed by atoms with E-state index >= 15 is 0 Å². The van der Waals surface area contributed by atoms with Crippen LogP contribution < -0.4 is 4.74 Å². The third kappa shape index (κ3) is 4.08. The average Bonchev–Trinajstić information content (AvgIpc) is 2.47. The van der Waals surface area contributed by atoms with E-state index in [-0.39, 0.29) is 42.5 Å². The monoisotopic (exact) mass is 331 g/mol. The number of carboxylic acids is 1. The van der Waals surface area contributed by atoms with Gasteiger partial charge in [0.25, 0.3) is 5.91 Å². The van der Waals surface area contributed by atoms with Gasteiger partial charge in [0.05, 0.1) is 17.7 Å². The molecule has 0 aliphatic carbocycles. The van der Waals surface area contributed by atoms with Gasteiger partial charge in [0.15, 0.2) is 12.7 Å². The average molecular weight is 332 g/mol. The zero-order valence-corrected chi connectivity index (χ0v) is 12.5. The van der Waals surface area contributed by atoms with Gasteiger partial charge in [-0.05, 0) is 19.1 Å². The van der Waals surface area contributed by atoms with Crippen molar-refractivity contribution in [3.8, 4) is 5.75 Å². The summed E-state index contributed by atoms with van der Waals surface area (Å²) in [4.78, 5) is 24.4. The number of carboxylic acid groups (broad SMARTS) is 1. The van der Waals surface area contributed by atoms with Crippen LogP contribution in [0.4, 0.5) is 4.39 Å². The first-order valence-corrected chi connectivity index (χ1v) is 6.98. The molecule has 1 N–H and O–H groups in total. The number of ether oxygens (including phenoxy) is 2. The van der Waals surface area contributed by atoms with Gasteiger partial charge in [-0.2, -0.15) is 0 Å². The van der Waals surface area contributed by atoms with Crippen molar-refractivity contribution < 1.29 is 28.6 Å². The first-order chi connectivity index (χ1) is 10.4. The molecule has 0 radical (unpaired) electrons. The summed E-state index contributed by atoms with van der Waals surface area (Å²) in [5, 5.41) is 8.87. The number of halogens is 2. The number of aliphatic carboxylic acids is 1. The molecule has 6 nitrogen and oxygen atoms in total. The molecule has 120 valence electrons. The van der Waals surface area contributed by atoms with Crippen LogP contribution in [0, 0.1) is 5.82 Å². The van der Waals surface area contributed by atoms with E-state index in [2.05, 4.69) is 0 Å². The van der Waals surface area contributed by atoms with Gasteiger partial charge in [0, 0.05) is 12.6 Å². The molecule has 22 heavy (non-hydrogen) atoms. The number of amides is 1. The Morgan fingerprint density at radius 2 is 2.23 bits per heavy atom. The van der Waals surface area contributed by atoms with Gasteiger partial charge in [-0.3, -0.25) is 4.79 Å². The Balaban J connectivity index is 1.93. The van der Waals surface area contributed by atoms with Crippen LogP contribution in [0.2, 0.25) is 5.02 Å². The Bertz CT molecular complexity index is 582. The van der Waals surface area contributed by atoms with E-state index in [1.165, 1.54) is 17.0 Å². The van der Waals surface area contributed by atoms with Crippen molar-refractivity contribution in [1.82, 2.24) is 4.90 Å². The van der Waals surface area contributed by atoms with E-state index in [9.17, 15) is 14.0 Å². The number of benzene rings is 1. The second-order valence-electron chi connectivity index (χ2n) is 4.94. The minimum atomic E-state index is -1.12. The van der Waals surface area contributed by atoms with Gasteiger partial charge in [0.2, 0.25) is 0 Å². The lowest BCUT2D eigenvalue weighted by molar-refractivity contribution is -0.167. The molecule has 0 bridgehead atoms. The minimum Gasteiger partial charge on any atom is -0.484 e. The fraction of sp³-hybridized carbons (Fsp3) is 0.429. The number of nitrogens with zero attached hydrogens (tertiary/aromatic N) is 1. The maximum absolute atomic E-state index is 13.0. The van der Waals surface area contributed by atoms with Crippen LogP contribution in [0.5, 0.6) is 5.75 Å². The maximum Gasteiger partial charge on any atom is 0.334 e. The van der Waals surface area contributed by atoms with Gasteiger partial charge in [-0.1, -0.05) is 11.6 Å². The van der Waals surface area contributed by atoms with Crippen LogP contribution in [0.1, 0.15) is 6.92 Å². The fourth-order valence-electron chi connectivity index (χ4n) is 2.09. The Kier molecular flexibility index (Phi) is 5.20. The molecule has 2 atom stereocenters. The Hall–Kier alpha value is -1.86. The molecule has 1 aromatic carbocycles. The number of morpholine rings is 1. The molecule has 1 saturated heterocycles. The molecule has 2 rings (SSSR count). The highest BCUT2D eigenvalue weighted by Gasteiger charge is 2.32. The van der Waals surface area contributed by atoms with E-state index in [1.54, 1.807) is 6.92 Å². The fourth-order valence-corrected chi connectivity index (χ4v) is 2.27. The summed E-state index contributed by atoms with van der Waals surface area (Å²) in [6.45, 7) is 1.65. The number of hydrogen-bond donors (Lipinski definition) is 1. The van der Waals surface area contributed by atoms with Crippen molar-refractivity contribution in [2.45, 2.75) is 19.1 Å². The van der Waals surface area contributed by atoms with Crippen LogP contribution in [-0.4, -0.2) is 53.8 Å². The van der Waals surface area contributed by atoms with E-state index in [4.69, 9.17) is 26.2 Å². The van der Waals surface area contributed by atoms with Crippen molar-refractivity contribution in [3.05, 3.63) is 29.0 Å². The number of rotatable bonds is 4. The summed E-state index contributed by atoms with van der Waals surface area (Å²) in [5.41, 5.74) is 0. The van der Waals surface area contributed by atoms with Crippen LogP contribution in [0.15, 0.2) is 18.2 Å². The normalized spacial score (nSPS) is 21.5. The number of hydrogen-bond acceptors (Lipinski definition) is 4. The highest BCUT2D eigenvalue weighted by atomic mass is 35.5. The molecule has 1 aliphatic rings. The quantitative estimate of drug-likeness (QED) is 0.906. The molecule has 1 aliphatic heterocycles. The van der Waals surface area contributed by atoms with Gasteiger partial charge in [0.1, 0.15) is 11.6 Å². The lowest BCUT2D eigenvalue weighted by Crippen LogP contribution is -2.52. The highest BCUT2D eigenvalue weighted by Crippen LogP contribution is 2.21. The Morgan fingerprint density at radius 3 is 2.86 bits per heavy atom. The van der Waals surface area contributed by atoms with E-state index in [0.29, 0.717) is 0 Å². The molecule has 1 fully saturated rings. The second kappa shape index (κ2) is 6.93. The predicted molar refractivity (Wildman–Crippen MR) is 75.5 cm³/mol. The second-order valence-corrected chi connectivity index (χ2v) is 5.34. The Morgan fingerprint density at radius 1 is 1.50 bits per heavy atom. The highest BCUT2D eigenvalue weighted by molar-refractivity contribution is 6.30. The molecular weight excluding hydrogens is 317 g/mol. The standard InChI is InChI=1S/C14H15ClFNO5/c1-8-5-17(6-12(22-8)14(19)20)13(18)7-21-9-2-3-11(16)10(15)4-9/h2-4,8,12H,5-7H2,1H3,(H,19,20)/t8-,12?/m1/s1.